The predicted molar refractivity (Wildman–Crippen MR) is 110 cm³/mol. The second-order valence-electron chi connectivity index (χ2n) is 6.49. The van der Waals surface area contributed by atoms with E-state index in [2.05, 4.69) is 20.2 Å². The molecule has 0 amide bonds. The maximum atomic E-state index is 12.7. The monoisotopic (exact) mass is 398 g/mol. The van der Waals surface area contributed by atoms with Gasteiger partial charge in [0.2, 0.25) is 0 Å². The van der Waals surface area contributed by atoms with Gasteiger partial charge in [0.1, 0.15) is 5.75 Å². The van der Waals surface area contributed by atoms with Crippen molar-refractivity contribution in [1.29, 1.82) is 0 Å². The van der Waals surface area contributed by atoms with Gasteiger partial charge < -0.3 is 10.1 Å². The van der Waals surface area contributed by atoms with Gasteiger partial charge in [0.15, 0.2) is 11.6 Å². The number of rotatable bonds is 6. The molecule has 0 fully saturated rings. The summed E-state index contributed by atoms with van der Waals surface area (Å²) >= 11 is 0. The molecule has 2 N–H and O–H groups in total. The van der Waals surface area contributed by atoms with Crippen LogP contribution in [0.15, 0.2) is 53.4 Å². The zero-order valence-electron chi connectivity index (χ0n) is 16.1. The molecular weight excluding hydrogens is 376 g/mol. The zero-order chi connectivity index (χ0) is 20.3. The molecule has 0 saturated heterocycles. The van der Waals surface area contributed by atoms with E-state index in [-0.39, 0.29) is 10.7 Å². The lowest BCUT2D eigenvalue weighted by Crippen LogP contribution is -2.16. The van der Waals surface area contributed by atoms with Crippen molar-refractivity contribution in [1.82, 2.24) is 10.2 Å². The molecule has 3 rings (SSSR count). The molecule has 0 aliphatic rings. The molecule has 0 atom stereocenters. The number of hydrogen-bond acceptors (Lipinski definition) is 6. The largest absolute Gasteiger partial charge is 0.496 e. The molecule has 1 heterocycles. The number of benzene rings is 2. The van der Waals surface area contributed by atoms with Crippen LogP contribution in [0.3, 0.4) is 0 Å². The van der Waals surface area contributed by atoms with E-state index in [1.165, 1.54) is 0 Å². The molecule has 0 aliphatic carbocycles. The Kier molecular flexibility index (Phi) is 5.51. The van der Waals surface area contributed by atoms with Crippen LogP contribution in [0.4, 0.5) is 17.3 Å². The normalized spacial score (nSPS) is 11.1. The number of aryl methyl sites for hydroxylation is 3. The van der Waals surface area contributed by atoms with Crippen molar-refractivity contribution < 1.29 is 13.2 Å². The average molecular weight is 398 g/mol. The van der Waals surface area contributed by atoms with Crippen molar-refractivity contribution in [2.45, 2.75) is 25.7 Å². The molecule has 3 aromatic rings. The minimum atomic E-state index is -3.80. The number of nitrogens with one attached hydrogen (secondary N) is 2. The Morgan fingerprint density at radius 3 is 2.11 bits per heavy atom. The van der Waals surface area contributed by atoms with Crippen LogP contribution in [0.2, 0.25) is 0 Å². The predicted octanol–water partition coefficient (Wildman–Crippen LogP) is 3.95. The average Bonchev–Trinajstić information content (AvgIpc) is 2.66. The molecule has 28 heavy (non-hydrogen) atoms. The van der Waals surface area contributed by atoms with E-state index >= 15 is 0 Å². The Labute approximate surface area is 164 Å². The van der Waals surface area contributed by atoms with Gasteiger partial charge in [-0.05, 0) is 68.3 Å². The summed E-state index contributed by atoms with van der Waals surface area (Å²) in [4.78, 5) is 0.175. The zero-order valence-corrected chi connectivity index (χ0v) is 17.0. The molecule has 0 radical (unpaired) electrons. The van der Waals surface area contributed by atoms with Crippen molar-refractivity contribution in [3.05, 3.63) is 65.2 Å². The third kappa shape index (κ3) is 4.40. The molecule has 0 bridgehead atoms. The van der Waals surface area contributed by atoms with Crippen LogP contribution in [-0.4, -0.2) is 25.7 Å². The second kappa shape index (κ2) is 7.85. The topological polar surface area (TPSA) is 93.2 Å². The van der Waals surface area contributed by atoms with Gasteiger partial charge in [-0.25, -0.2) is 8.42 Å². The molecule has 0 spiro atoms. The number of nitrogens with zero attached hydrogens (tertiary/aromatic N) is 2. The third-order valence-corrected chi connectivity index (χ3v) is 5.71. The smallest absolute Gasteiger partial charge is 0.263 e. The minimum absolute atomic E-state index is 0.141. The summed E-state index contributed by atoms with van der Waals surface area (Å²) in [5.74, 6) is 1.30. The van der Waals surface area contributed by atoms with Crippen LogP contribution in [0.1, 0.15) is 16.7 Å². The van der Waals surface area contributed by atoms with E-state index in [1.807, 2.05) is 31.2 Å². The molecule has 0 unspecified atom stereocenters. The lowest BCUT2D eigenvalue weighted by Gasteiger charge is -2.13. The first kappa shape index (κ1) is 19.6. The molecule has 0 aliphatic heterocycles. The van der Waals surface area contributed by atoms with Crippen LogP contribution in [0, 0.1) is 20.8 Å². The van der Waals surface area contributed by atoms with Gasteiger partial charge in [-0.2, -0.15) is 0 Å². The fourth-order valence-electron chi connectivity index (χ4n) is 2.70. The van der Waals surface area contributed by atoms with Gasteiger partial charge in [-0.3, -0.25) is 4.72 Å². The Hall–Kier alpha value is -3.13. The van der Waals surface area contributed by atoms with Gasteiger partial charge in [0, 0.05) is 5.69 Å². The highest BCUT2D eigenvalue weighted by Gasteiger charge is 2.19. The molecule has 1 aromatic heterocycles. The van der Waals surface area contributed by atoms with Crippen molar-refractivity contribution in [2.75, 3.05) is 17.1 Å². The van der Waals surface area contributed by atoms with E-state index in [9.17, 15) is 8.42 Å². The fraction of sp³-hybridized carbons (Fsp3) is 0.200. The standard InChI is InChI=1S/C20H22N4O3S/c1-13-5-7-16(8-6-13)21-19-9-10-20(23-22-19)24-28(25,26)18-12-14(2)17(27-4)11-15(18)3/h5-12H,1-4H3,(H,21,22)(H,23,24). The maximum absolute atomic E-state index is 12.7. The number of anilines is 3. The lowest BCUT2D eigenvalue weighted by atomic mass is 10.1. The van der Waals surface area contributed by atoms with Gasteiger partial charge in [-0.1, -0.05) is 17.7 Å². The third-order valence-electron chi connectivity index (χ3n) is 4.21. The number of sulfonamides is 1. The summed E-state index contributed by atoms with van der Waals surface area (Å²) in [6, 6.07) is 14.3. The lowest BCUT2D eigenvalue weighted by molar-refractivity contribution is 0.411. The Bertz CT molecular complexity index is 1080. The van der Waals surface area contributed by atoms with Crippen LogP contribution >= 0.6 is 0 Å². The van der Waals surface area contributed by atoms with Gasteiger partial charge >= 0.3 is 0 Å². The quantitative estimate of drug-likeness (QED) is 0.653. The summed E-state index contributed by atoms with van der Waals surface area (Å²) in [7, 11) is -2.24. The van der Waals surface area contributed by atoms with E-state index < -0.39 is 10.0 Å². The summed E-state index contributed by atoms with van der Waals surface area (Å²) in [6.45, 7) is 5.52. The van der Waals surface area contributed by atoms with Crippen LogP contribution in [-0.2, 0) is 10.0 Å². The van der Waals surface area contributed by atoms with E-state index in [0.717, 1.165) is 16.8 Å². The molecule has 2 aromatic carbocycles. The molecular formula is C20H22N4O3S. The Morgan fingerprint density at radius 2 is 1.50 bits per heavy atom. The number of ether oxygens (including phenoxy) is 1. The molecule has 0 saturated carbocycles. The van der Waals surface area contributed by atoms with Crippen LogP contribution in [0.25, 0.3) is 0 Å². The van der Waals surface area contributed by atoms with E-state index in [1.54, 1.807) is 45.2 Å². The highest BCUT2D eigenvalue weighted by atomic mass is 32.2. The van der Waals surface area contributed by atoms with E-state index in [0.29, 0.717) is 17.1 Å². The summed E-state index contributed by atoms with van der Waals surface area (Å²) in [5.41, 5.74) is 3.35. The Balaban J connectivity index is 1.77. The summed E-state index contributed by atoms with van der Waals surface area (Å²) in [5, 5.41) is 11.1. The van der Waals surface area contributed by atoms with Gasteiger partial charge in [-0.15, -0.1) is 10.2 Å². The first-order valence-electron chi connectivity index (χ1n) is 8.64. The van der Waals surface area contributed by atoms with E-state index in [4.69, 9.17) is 4.74 Å². The summed E-state index contributed by atoms with van der Waals surface area (Å²) < 4.78 is 33.2. The van der Waals surface area contributed by atoms with Crippen molar-refractivity contribution in [3.8, 4) is 5.75 Å². The van der Waals surface area contributed by atoms with Crippen molar-refractivity contribution >= 4 is 27.3 Å². The Morgan fingerprint density at radius 1 is 0.857 bits per heavy atom. The molecule has 8 heteroatoms. The highest BCUT2D eigenvalue weighted by molar-refractivity contribution is 7.92. The number of hydrogen-bond donors (Lipinski definition) is 2. The second-order valence-corrected chi connectivity index (χ2v) is 8.14. The first-order chi connectivity index (χ1) is 13.3. The summed E-state index contributed by atoms with van der Waals surface area (Å²) in [6.07, 6.45) is 0. The van der Waals surface area contributed by atoms with Crippen LogP contribution < -0.4 is 14.8 Å². The van der Waals surface area contributed by atoms with Crippen molar-refractivity contribution in [3.63, 3.8) is 0 Å². The highest BCUT2D eigenvalue weighted by Crippen LogP contribution is 2.27. The maximum Gasteiger partial charge on any atom is 0.263 e. The van der Waals surface area contributed by atoms with Gasteiger partial charge in [0.05, 0.1) is 12.0 Å². The van der Waals surface area contributed by atoms with Crippen LogP contribution in [0.5, 0.6) is 5.75 Å². The molecule has 146 valence electrons. The fourth-order valence-corrected chi connectivity index (χ4v) is 4.01. The number of aromatic nitrogens is 2. The molecule has 7 nitrogen and oxygen atoms in total. The van der Waals surface area contributed by atoms with Gasteiger partial charge in [0.25, 0.3) is 10.0 Å². The minimum Gasteiger partial charge on any atom is -0.496 e. The van der Waals surface area contributed by atoms with Crippen molar-refractivity contribution in [2.24, 2.45) is 0 Å². The SMILES string of the molecule is COc1cc(C)c(S(=O)(=O)Nc2ccc(Nc3ccc(C)cc3)nn2)cc1C. The first-order valence-corrected chi connectivity index (χ1v) is 10.1. The number of methoxy groups -OCH3 is 1.